The van der Waals surface area contributed by atoms with E-state index < -0.39 is 5.97 Å². The molecule has 1 N–H and O–H groups in total. The number of hydrogen-bond acceptors (Lipinski definition) is 5. The van der Waals surface area contributed by atoms with Crippen LogP contribution in [0, 0.1) is 0 Å². The van der Waals surface area contributed by atoms with Crippen molar-refractivity contribution in [2.24, 2.45) is 0 Å². The second-order valence-corrected chi connectivity index (χ2v) is 7.28. The van der Waals surface area contributed by atoms with Gasteiger partial charge in [-0.1, -0.05) is 11.6 Å². The molecule has 0 saturated heterocycles. The summed E-state index contributed by atoms with van der Waals surface area (Å²) in [5.41, 5.74) is 1.76. The number of amides is 2. The minimum atomic E-state index is -0.559. The van der Waals surface area contributed by atoms with E-state index in [4.69, 9.17) is 21.1 Å². The Morgan fingerprint density at radius 3 is 2.81 bits per heavy atom. The minimum Gasteiger partial charge on any atom is -0.496 e. The third kappa shape index (κ3) is 3.37. The topological polar surface area (TPSA) is 67.9 Å². The van der Waals surface area contributed by atoms with Crippen LogP contribution in [0.3, 0.4) is 0 Å². The predicted molar refractivity (Wildman–Crippen MR) is 102 cm³/mol. The molecule has 2 aromatic rings. The van der Waals surface area contributed by atoms with Gasteiger partial charge in [0.05, 0.1) is 31.0 Å². The summed E-state index contributed by atoms with van der Waals surface area (Å²) in [6, 6.07) is 4.75. The van der Waals surface area contributed by atoms with Crippen molar-refractivity contribution in [1.29, 1.82) is 0 Å². The molecule has 138 valence electrons. The molecule has 1 aliphatic rings. The van der Waals surface area contributed by atoms with Gasteiger partial charge in [0.25, 0.3) is 0 Å². The van der Waals surface area contributed by atoms with Gasteiger partial charge < -0.3 is 19.7 Å². The van der Waals surface area contributed by atoms with Gasteiger partial charge in [-0.2, -0.15) is 0 Å². The van der Waals surface area contributed by atoms with Crippen molar-refractivity contribution in [3.8, 4) is 5.75 Å². The summed E-state index contributed by atoms with van der Waals surface area (Å²) in [4.78, 5) is 27.7. The molecule has 8 heteroatoms. The van der Waals surface area contributed by atoms with Crippen molar-refractivity contribution in [3.63, 3.8) is 0 Å². The van der Waals surface area contributed by atoms with Gasteiger partial charge >= 0.3 is 12.0 Å². The molecule has 0 radical (unpaired) electrons. The molecule has 0 unspecified atom stereocenters. The maximum Gasteiger partial charge on any atom is 0.341 e. The van der Waals surface area contributed by atoms with E-state index in [9.17, 15) is 9.59 Å². The Labute approximate surface area is 160 Å². The highest BCUT2D eigenvalue weighted by Gasteiger charge is 2.29. The predicted octanol–water partition coefficient (Wildman–Crippen LogP) is 4.35. The van der Waals surface area contributed by atoms with E-state index in [-0.39, 0.29) is 28.4 Å². The molecule has 26 heavy (non-hydrogen) atoms. The van der Waals surface area contributed by atoms with E-state index >= 15 is 0 Å². The van der Waals surface area contributed by atoms with Crippen LogP contribution in [0.2, 0.25) is 5.02 Å². The van der Waals surface area contributed by atoms with Gasteiger partial charge in [-0.05, 0) is 36.4 Å². The first kappa shape index (κ1) is 18.5. The van der Waals surface area contributed by atoms with Crippen molar-refractivity contribution >= 4 is 40.6 Å². The molecule has 0 fully saturated rings. The van der Waals surface area contributed by atoms with Gasteiger partial charge in [-0.3, -0.25) is 0 Å². The molecular formula is C18H19ClN2O4S. The molecule has 1 atom stereocenters. The number of rotatable bonds is 3. The van der Waals surface area contributed by atoms with E-state index in [2.05, 4.69) is 16.8 Å². The number of ether oxygens (including phenoxy) is 2. The highest BCUT2D eigenvalue weighted by Crippen LogP contribution is 2.35. The van der Waals surface area contributed by atoms with Crippen LogP contribution in [0.1, 0.15) is 33.8 Å². The smallest absolute Gasteiger partial charge is 0.341 e. The first-order valence-electron chi connectivity index (χ1n) is 8.06. The molecule has 3 rings (SSSR count). The molecule has 0 spiro atoms. The summed E-state index contributed by atoms with van der Waals surface area (Å²) in [5, 5.41) is 5.11. The Morgan fingerprint density at radius 2 is 2.12 bits per heavy atom. The molecule has 2 amide bonds. The first-order chi connectivity index (χ1) is 12.5. The standard InChI is InChI=1S/C18H19ClN2O4S/c1-10-11-5-7-26-16(11)4-6-21(10)18(23)20-14-9-15(24-2)12(8-13(14)19)17(22)25-3/h5,7-10H,4,6H2,1-3H3,(H,20,23)/t10-/m0/s1. The molecule has 0 aliphatic carbocycles. The van der Waals surface area contributed by atoms with Crippen LogP contribution in [0.25, 0.3) is 0 Å². The molecule has 1 aromatic carbocycles. The summed E-state index contributed by atoms with van der Waals surface area (Å²) >= 11 is 7.97. The Bertz CT molecular complexity index is 852. The number of nitrogens with zero attached hydrogens (tertiary/aromatic N) is 1. The molecule has 6 nitrogen and oxygen atoms in total. The van der Waals surface area contributed by atoms with Crippen molar-refractivity contribution in [2.75, 3.05) is 26.1 Å². The lowest BCUT2D eigenvalue weighted by atomic mass is 10.0. The number of halogens is 1. The maximum absolute atomic E-state index is 12.8. The lowest BCUT2D eigenvalue weighted by Gasteiger charge is -2.33. The highest BCUT2D eigenvalue weighted by atomic mass is 35.5. The number of methoxy groups -OCH3 is 2. The van der Waals surface area contributed by atoms with Crippen LogP contribution in [-0.2, 0) is 11.2 Å². The quantitative estimate of drug-likeness (QED) is 0.786. The summed E-state index contributed by atoms with van der Waals surface area (Å²) in [6.07, 6.45) is 0.836. The first-order valence-corrected chi connectivity index (χ1v) is 9.31. The fraction of sp³-hybridized carbons (Fsp3) is 0.333. The van der Waals surface area contributed by atoms with E-state index in [1.165, 1.54) is 36.8 Å². The third-order valence-corrected chi connectivity index (χ3v) is 5.78. The summed E-state index contributed by atoms with van der Waals surface area (Å²) in [6.45, 7) is 2.64. The number of anilines is 1. The number of thiophene rings is 1. The highest BCUT2D eigenvalue weighted by molar-refractivity contribution is 7.10. The maximum atomic E-state index is 12.8. The van der Waals surface area contributed by atoms with E-state index in [1.54, 1.807) is 16.2 Å². The SMILES string of the molecule is COC(=O)c1cc(Cl)c(NC(=O)N2CCc3sccc3[C@@H]2C)cc1OC. The van der Waals surface area contributed by atoms with Crippen LogP contribution in [0.15, 0.2) is 23.6 Å². The number of esters is 1. The van der Waals surface area contributed by atoms with Crippen LogP contribution < -0.4 is 10.1 Å². The van der Waals surface area contributed by atoms with Crippen molar-refractivity contribution in [2.45, 2.75) is 19.4 Å². The number of carbonyl (C=O) groups is 2. The fourth-order valence-corrected chi connectivity index (χ4v) is 4.24. The Morgan fingerprint density at radius 1 is 1.35 bits per heavy atom. The van der Waals surface area contributed by atoms with Gasteiger partial charge in [0, 0.05) is 17.5 Å². The normalized spacial score (nSPS) is 16.0. The zero-order chi connectivity index (χ0) is 18.8. The summed E-state index contributed by atoms with van der Waals surface area (Å²) < 4.78 is 9.94. The second kappa shape index (κ2) is 7.55. The average molecular weight is 395 g/mol. The van der Waals surface area contributed by atoms with Gasteiger partial charge in [-0.15, -0.1) is 11.3 Å². The van der Waals surface area contributed by atoms with Gasteiger partial charge in [0.15, 0.2) is 0 Å². The van der Waals surface area contributed by atoms with Crippen molar-refractivity contribution in [1.82, 2.24) is 4.90 Å². The number of carbonyl (C=O) groups excluding carboxylic acids is 2. The summed E-state index contributed by atoms with van der Waals surface area (Å²) in [5.74, 6) is -0.278. The zero-order valence-electron chi connectivity index (χ0n) is 14.7. The molecule has 1 aliphatic heterocycles. The Balaban J connectivity index is 1.83. The summed E-state index contributed by atoms with van der Waals surface area (Å²) in [7, 11) is 2.72. The minimum absolute atomic E-state index is 0.0139. The lowest BCUT2D eigenvalue weighted by Crippen LogP contribution is -2.41. The number of fused-ring (bicyclic) bond motifs is 1. The zero-order valence-corrected chi connectivity index (χ0v) is 16.2. The second-order valence-electron chi connectivity index (χ2n) is 5.87. The van der Waals surface area contributed by atoms with Gasteiger partial charge in [-0.25, -0.2) is 9.59 Å². The van der Waals surface area contributed by atoms with Gasteiger partial charge in [0.2, 0.25) is 0 Å². The number of benzene rings is 1. The van der Waals surface area contributed by atoms with Crippen LogP contribution >= 0.6 is 22.9 Å². The number of nitrogens with one attached hydrogen (secondary N) is 1. The molecular weight excluding hydrogens is 376 g/mol. The van der Waals surface area contributed by atoms with Crippen LogP contribution in [0.5, 0.6) is 5.75 Å². The molecule has 0 saturated carbocycles. The van der Waals surface area contributed by atoms with Crippen LogP contribution in [0.4, 0.5) is 10.5 Å². The molecule has 2 heterocycles. The Hall–Kier alpha value is -2.25. The molecule has 0 bridgehead atoms. The molecule has 1 aromatic heterocycles. The van der Waals surface area contributed by atoms with E-state index in [0.29, 0.717) is 12.2 Å². The number of urea groups is 1. The van der Waals surface area contributed by atoms with Crippen molar-refractivity contribution in [3.05, 3.63) is 44.6 Å². The monoisotopic (exact) mass is 394 g/mol. The number of hydrogen-bond donors (Lipinski definition) is 1. The van der Waals surface area contributed by atoms with E-state index in [1.807, 2.05) is 6.92 Å². The average Bonchev–Trinajstić information content (AvgIpc) is 3.12. The van der Waals surface area contributed by atoms with Crippen LogP contribution in [-0.4, -0.2) is 37.7 Å². The van der Waals surface area contributed by atoms with Gasteiger partial charge in [0.1, 0.15) is 11.3 Å². The third-order valence-electron chi connectivity index (χ3n) is 4.47. The Kier molecular flexibility index (Phi) is 5.38. The van der Waals surface area contributed by atoms with E-state index in [0.717, 1.165) is 6.42 Å². The largest absolute Gasteiger partial charge is 0.496 e. The lowest BCUT2D eigenvalue weighted by molar-refractivity contribution is 0.0597. The fourth-order valence-electron chi connectivity index (χ4n) is 3.06. The van der Waals surface area contributed by atoms with Crippen molar-refractivity contribution < 1.29 is 19.1 Å².